The highest BCUT2D eigenvalue weighted by atomic mass is 16.6. The molecule has 0 N–H and O–H groups in total. The molecule has 0 aliphatic rings. The molecule has 0 aliphatic carbocycles. The molecule has 0 unspecified atom stereocenters. The fourth-order valence-corrected chi connectivity index (χ4v) is 1.25. The first-order chi connectivity index (χ1) is 7.95. The zero-order valence-corrected chi connectivity index (χ0v) is 9.97. The van der Waals surface area contributed by atoms with Crippen LogP contribution in [0.25, 0.3) is 0 Å². The SMILES string of the molecule is COc1ccc([N+](=O)[O-])c(CC(=O)C(C)C)n1. The molecule has 1 rings (SSSR count). The predicted molar refractivity (Wildman–Crippen MR) is 61.0 cm³/mol. The summed E-state index contributed by atoms with van der Waals surface area (Å²) >= 11 is 0. The van der Waals surface area contributed by atoms with Crippen molar-refractivity contribution in [3.05, 3.63) is 27.9 Å². The Balaban J connectivity index is 3.09. The van der Waals surface area contributed by atoms with E-state index in [9.17, 15) is 14.9 Å². The Morgan fingerprint density at radius 1 is 1.53 bits per heavy atom. The molecule has 0 spiro atoms. The molecule has 17 heavy (non-hydrogen) atoms. The van der Waals surface area contributed by atoms with Gasteiger partial charge in [0.25, 0.3) is 5.69 Å². The highest BCUT2D eigenvalue weighted by Crippen LogP contribution is 2.21. The molecule has 1 heterocycles. The maximum atomic E-state index is 11.6. The number of aromatic nitrogens is 1. The van der Waals surface area contributed by atoms with Crippen LogP contribution < -0.4 is 4.74 Å². The van der Waals surface area contributed by atoms with Gasteiger partial charge in [-0.2, -0.15) is 0 Å². The monoisotopic (exact) mass is 238 g/mol. The Labute approximate surface area is 98.8 Å². The van der Waals surface area contributed by atoms with Crippen molar-refractivity contribution < 1.29 is 14.5 Å². The Kier molecular flexibility index (Phi) is 4.14. The molecule has 1 aromatic heterocycles. The van der Waals surface area contributed by atoms with Crippen LogP contribution in [0.5, 0.6) is 5.88 Å². The second kappa shape index (κ2) is 5.38. The number of methoxy groups -OCH3 is 1. The van der Waals surface area contributed by atoms with Gasteiger partial charge in [-0.15, -0.1) is 0 Å². The van der Waals surface area contributed by atoms with Gasteiger partial charge < -0.3 is 4.74 Å². The first-order valence-electron chi connectivity index (χ1n) is 5.16. The van der Waals surface area contributed by atoms with Crippen LogP contribution in [0.3, 0.4) is 0 Å². The standard InChI is InChI=1S/C11H14N2O4/c1-7(2)10(14)6-8-9(13(15)16)4-5-11(12-8)17-3/h4-5,7H,6H2,1-3H3. The first kappa shape index (κ1) is 13.1. The van der Waals surface area contributed by atoms with Gasteiger partial charge in [-0.1, -0.05) is 13.8 Å². The summed E-state index contributed by atoms with van der Waals surface area (Å²) in [7, 11) is 1.42. The molecule has 6 heteroatoms. The van der Waals surface area contributed by atoms with E-state index in [-0.39, 0.29) is 35.4 Å². The minimum Gasteiger partial charge on any atom is -0.481 e. The number of hydrogen-bond acceptors (Lipinski definition) is 5. The van der Waals surface area contributed by atoms with Gasteiger partial charge in [0.2, 0.25) is 5.88 Å². The van der Waals surface area contributed by atoms with E-state index in [1.807, 2.05) is 0 Å². The van der Waals surface area contributed by atoms with Gasteiger partial charge in [0.15, 0.2) is 0 Å². The van der Waals surface area contributed by atoms with Gasteiger partial charge in [0, 0.05) is 18.1 Å². The number of rotatable bonds is 5. The van der Waals surface area contributed by atoms with Crippen molar-refractivity contribution in [2.75, 3.05) is 7.11 Å². The summed E-state index contributed by atoms with van der Waals surface area (Å²) < 4.78 is 4.89. The number of carbonyl (C=O) groups is 1. The van der Waals surface area contributed by atoms with Crippen molar-refractivity contribution >= 4 is 11.5 Å². The van der Waals surface area contributed by atoms with E-state index in [2.05, 4.69) is 4.98 Å². The van der Waals surface area contributed by atoms with E-state index in [1.54, 1.807) is 13.8 Å². The Bertz CT molecular complexity index is 443. The Hall–Kier alpha value is -1.98. The number of Topliss-reactive ketones (excluding diaryl/α,β-unsaturated/α-hetero) is 1. The molecule has 6 nitrogen and oxygen atoms in total. The zero-order valence-electron chi connectivity index (χ0n) is 9.97. The minimum absolute atomic E-state index is 0.0504. The minimum atomic E-state index is -0.546. The van der Waals surface area contributed by atoms with Crippen LogP contribution in [-0.2, 0) is 11.2 Å². The maximum absolute atomic E-state index is 11.6. The predicted octanol–water partition coefficient (Wildman–Crippen LogP) is 1.77. The lowest BCUT2D eigenvalue weighted by Gasteiger charge is -2.06. The van der Waals surface area contributed by atoms with Gasteiger partial charge >= 0.3 is 0 Å². The van der Waals surface area contributed by atoms with Crippen molar-refractivity contribution in [3.8, 4) is 5.88 Å². The summed E-state index contributed by atoms with van der Waals surface area (Å²) in [5.41, 5.74) is -0.00662. The largest absolute Gasteiger partial charge is 0.481 e. The molecule has 92 valence electrons. The van der Waals surface area contributed by atoms with Crippen LogP contribution in [0.2, 0.25) is 0 Å². The number of ketones is 1. The van der Waals surface area contributed by atoms with E-state index in [0.29, 0.717) is 0 Å². The highest BCUT2D eigenvalue weighted by molar-refractivity contribution is 5.83. The number of carbonyl (C=O) groups excluding carboxylic acids is 1. The fraction of sp³-hybridized carbons (Fsp3) is 0.455. The second-order valence-corrected chi connectivity index (χ2v) is 3.87. The Morgan fingerprint density at radius 3 is 2.65 bits per heavy atom. The molecule has 0 aliphatic heterocycles. The van der Waals surface area contributed by atoms with Crippen molar-refractivity contribution in [2.24, 2.45) is 5.92 Å². The first-order valence-corrected chi connectivity index (χ1v) is 5.16. The lowest BCUT2D eigenvalue weighted by molar-refractivity contribution is -0.385. The average molecular weight is 238 g/mol. The quantitative estimate of drug-likeness (QED) is 0.576. The molecule has 0 radical (unpaired) electrons. The molecule has 0 saturated heterocycles. The summed E-state index contributed by atoms with van der Waals surface area (Å²) in [5, 5.41) is 10.8. The van der Waals surface area contributed by atoms with E-state index in [4.69, 9.17) is 4.74 Å². The molecule has 1 aromatic rings. The van der Waals surface area contributed by atoms with Crippen molar-refractivity contribution in [2.45, 2.75) is 20.3 Å². The number of nitrogens with zero attached hydrogens (tertiary/aromatic N) is 2. The van der Waals surface area contributed by atoms with Crippen LogP contribution in [0.1, 0.15) is 19.5 Å². The van der Waals surface area contributed by atoms with Crippen molar-refractivity contribution in [1.29, 1.82) is 0 Å². The smallest absolute Gasteiger partial charge is 0.291 e. The number of hydrogen-bond donors (Lipinski definition) is 0. The molecule has 0 amide bonds. The summed E-state index contributed by atoms with van der Waals surface area (Å²) in [6, 6.07) is 2.70. The van der Waals surface area contributed by atoms with Gasteiger partial charge in [0.05, 0.1) is 18.5 Å². The third kappa shape index (κ3) is 3.24. The molecular formula is C11H14N2O4. The third-order valence-electron chi connectivity index (χ3n) is 2.32. The lowest BCUT2D eigenvalue weighted by Crippen LogP contribution is -2.13. The summed E-state index contributed by atoms with van der Waals surface area (Å²) in [5.74, 6) is -0.00128. The molecule has 0 fully saturated rings. The van der Waals surface area contributed by atoms with Crippen molar-refractivity contribution in [3.63, 3.8) is 0 Å². The summed E-state index contributed by atoms with van der Waals surface area (Å²) in [6.45, 7) is 3.49. The molecule has 0 saturated carbocycles. The molecular weight excluding hydrogens is 224 g/mol. The van der Waals surface area contributed by atoms with Crippen LogP contribution >= 0.6 is 0 Å². The second-order valence-electron chi connectivity index (χ2n) is 3.87. The number of ether oxygens (including phenoxy) is 1. The van der Waals surface area contributed by atoms with E-state index in [0.717, 1.165) is 0 Å². The van der Waals surface area contributed by atoms with Crippen LogP contribution in [-0.4, -0.2) is 22.8 Å². The lowest BCUT2D eigenvalue weighted by atomic mass is 10.0. The normalized spacial score (nSPS) is 10.4. The third-order valence-corrected chi connectivity index (χ3v) is 2.32. The van der Waals surface area contributed by atoms with Gasteiger partial charge in [0.1, 0.15) is 11.5 Å². The van der Waals surface area contributed by atoms with Crippen LogP contribution in [0.4, 0.5) is 5.69 Å². The van der Waals surface area contributed by atoms with Gasteiger partial charge in [-0.05, 0) is 0 Å². The van der Waals surface area contributed by atoms with Crippen molar-refractivity contribution in [1.82, 2.24) is 4.98 Å². The zero-order chi connectivity index (χ0) is 13.0. The van der Waals surface area contributed by atoms with Gasteiger partial charge in [-0.25, -0.2) is 4.98 Å². The Morgan fingerprint density at radius 2 is 2.18 bits per heavy atom. The molecule has 0 aromatic carbocycles. The van der Waals surface area contributed by atoms with E-state index < -0.39 is 4.92 Å². The summed E-state index contributed by atoms with van der Waals surface area (Å²) in [6.07, 6.45) is -0.0504. The highest BCUT2D eigenvalue weighted by Gasteiger charge is 2.20. The fourth-order valence-electron chi connectivity index (χ4n) is 1.25. The summed E-state index contributed by atoms with van der Waals surface area (Å²) in [4.78, 5) is 25.8. The average Bonchev–Trinajstić information content (AvgIpc) is 2.28. The van der Waals surface area contributed by atoms with Crippen LogP contribution in [0.15, 0.2) is 12.1 Å². The number of pyridine rings is 1. The topological polar surface area (TPSA) is 82.3 Å². The van der Waals surface area contributed by atoms with Gasteiger partial charge in [-0.3, -0.25) is 14.9 Å². The van der Waals surface area contributed by atoms with Crippen LogP contribution in [0, 0.1) is 16.0 Å². The molecule has 0 atom stereocenters. The van der Waals surface area contributed by atoms with E-state index in [1.165, 1.54) is 19.2 Å². The number of nitro groups is 1. The van der Waals surface area contributed by atoms with E-state index >= 15 is 0 Å². The maximum Gasteiger partial charge on any atom is 0.291 e. The molecule has 0 bridgehead atoms.